The van der Waals surface area contributed by atoms with E-state index in [-0.39, 0.29) is 12.2 Å². The minimum Gasteiger partial charge on any atom is -0.426 e. The van der Waals surface area contributed by atoms with Gasteiger partial charge in [0.15, 0.2) is 0 Å². The van der Waals surface area contributed by atoms with Crippen LogP contribution in [-0.2, 0) is 9.59 Å². The maximum absolute atomic E-state index is 11.2. The van der Waals surface area contributed by atoms with Gasteiger partial charge in [-0.15, -0.1) is 0 Å². The zero-order valence-electron chi connectivity index (χ0n) is 8.54. The fraction of sp³-hybridized carbons (Fsp3) is 0.273. The van der Waals surface area contributed by atoms with Crippen molar-refractivity contribution in [3.8, 4) is 5.75 Å². The molecule has 3 nitrogen and oxygen atoms in total. The van der Waals surface area contributed by atoms with Gasteiger partial charge in [0.05, 0.1) is 0 Å². The van der Waals surface area contributed by atoms with E-state index >= 15 is 0 Å². The number of esters is 1. The van der Waals surface area contributed by atoms with Gasteiger partial charge in [-0.3, -0.25) is 9.59 Å². The van der Waals surface area contributed by atoms with E-state index < -0.39 is 5.97 Å². The van der Waals surface area contributed by atoms with E-state index in [9.17, 15) is 9.59 Å². The zero-order chi connectivity index (χ0) is 11.4. The lowest BCUT2D eigenvalue weighted by atomic mass is 10.2. The first-order chi connectivity index (χ1) is 6.99. The SMILES string of the molecule is CC(=O)CC(=O)Oc1ccc(Cl)cc1C. The van der Waals surface area contributed by atoms with Gasteiger partial charge >= 0.3 is 5.97 Å². The Kier molecular flexibility index (Phi) is 3.86. The van der Waals surface area contributed by atoms with Crippen LogP contribution >= 0.6 is 11.6 Å². The lowest BCUT2D eigenvalue weighted by Crippen LogP contribution is -2.12. The average Bonchev–Trinajstić information content (AvgIpc) is 2.08. The third kappa shape index (κ3) is 3.72. The summed E-state index contributed by atoms with van der Waals surface area (Å²) in [6, 6.07) is 4.93. The van der Waals surface area contributed by atoms with Crippen molar-refractivity contribution in [3.63, 3.8) is 0 Å². The van der Waals surface area contributed by atoms with Gasteiger partial charge in [-0.05, 0) is 37.6 Å². The second-order valence-corrected chi connectivity index (χ2v) is 3.70. The number of rotatable bonds is 3. The van der Waals surface area contributed by atoms with E-state index in [1.807, 2.05) is 0 Å². The quantitative estimate of drug-likeness (QED) is 0.452. The van der Waals surface area contributed by atoms with Crippen LogP contribution in [0.1, 0.15) is 18.9 Å². The van der Waals surface area contributed by atoms with Crippen molar-refractivity contribution in [2.45, 2.75) is 20.3 Å². The van der Waals surface area contributed by atoms with Crippen LogP contribution in [0.2, 0.25) is 5.02 Å². The summed E-state index contributed by atoms with van der Waals surface area (Å²) in [7, 11) is 0. The summed E-state index contributed by atoms with van der Waals surface area (Å²) in [5.74, 6) is -0.329. The number of aryl methyl sites for hydroxylation is 1. The van der Waals surface area contributed by atoms with Crippen LogP contribution in [0.3, 0.4) is 0 Å². The van der Waals surface area contributed by atoms with Crippen molar-refractivity contribution >= 4 is 23.4 Å². The standard InChI is InChI=1S/C11H11ClO3/c1-7-5-9(12)3-4-10(7)15-11(14)6-8(2)13/h3-5H,6H2,1-2H3. The number of carbonyl (C=O) groups excluding carboxylic acids is 2. The average molecular weight is 227 g/mol. The molecule has 0 N–H and O–H groups in total. The number of hydrogen-bond donors (Lipinski definition) is 0. The Morgan fingerprint density at radius 3 is 2.60 bits per heavy atom. The van der Waals surface area contributed by atoms with Gasteiger partial charge in [0, 0.05) is 5.02 Å². The molecule has 15 heavy (non-hydrogen) atoms. The van der Waals surface area contributed by atoms with Crippen LogP contribution in [0.15, 0.2) is 18.2 Å². The maximum Gasteiger partial charge on any atom is 0.318 e. The number of Topliss-reactive ketones (excluding diaryl/α,β-unsaturated/α-hetero) is 1. The molecule has 0 heterocycles. The Bertz CT molecular complexity index is 399. The molecule has 0 bridgehead atoms. The fourth-order valence-corrected chi connectivity index (χ4v) is 1.32. The van der Waals surface area contributed by atoms with Crippen molar-refractivity contribution in [2.24, 2.45) is 0 Å². The Morgan fingerprint density at radius 1 is 1.40 bits per heavy atom. The fourth-order valence-electron chi connectivity index (χ4n) is 1.09. The molecule has 0 fully saturated rings. The number of benzene rings is 1. The third-order valence-electron chi connectivity index (χ3n) is 1.75. The van der Waals surface area contributed by atoms with Gasteiger partial charge in [0.25, 0.3) is 0 Å². The molecular formula is C11H11ClO3. The molecule has 0 spiro atoms. The molecule has 1 aromatic rings. The normalized spacial score (nSPS) is 9.80. The predicted molar refractivity (Wildman–Crippen MR) is 57.1 cm³/mol. The minimum atomic E-state index is -0.548. The molecule has 0 aromatic heterocycles. The highest BCUT2D eigenvalue weighted by atomic mass is 35.5. The molecule has 4 heteroatoms. The molecule has 0 radical (unpaired) electrons. The lowest BCUT2D eigenvalue weighted by molar-refractivity contribution is -0.137. The molecule has 80 valence electrons. The highest BCUT2D eigenvalue weighted by Gasteiger charge is 2.09. The monoisotopic (exact) mass is 226 g/mol. The van der Waals surface area contributed by atoms with E-state index in [4.69, 9.17) is 16.3 Å². The molecule has 0 saturated heterocycles. The van der Waals surface area contributed by atoms with Gasteiger partial charge < -0.3 is 4.74 Å². The molecule has 0 aliphatic rings. The van der Waals surface area contributed by atoms with E-state index in [1.54, 1.807) is 25.1 Å². The largest absolute Gasteiger partial charge is 0.426 e. The van der Waals surface area contributed by atoms with Gasteiger partial charge in [0.1, 0.15) is 18.0 Å². The predicted octanol–water partition coefficient (Wildman–Crippen LogP) is 2.53. The number of carbonyl (C=O) groups is 2. The number of ether oxygens (including phenoxy) is 1. The molecule has 0 aliphatic carbocycles. The smallest absolute Gasteiger partial charge is 0.318 e. The molecule has 0 amide bonds. The van der Waals surface area contributed by atoms with Crippen LogP contribution in [0.25, 0.3) is 0 Å². The molecule has 0 saturated carbocycles. The van der Waals surface area contributed by atoms with Crippen LogP contribution < -0.4 is 4.74 Å². The van der Waals surface area contributed by atoms with Gasteiger partial charge in [-0.1, -0.05) is 11.6 Å². The summed E-state index contributed by atoms with van der Waals surface area (Å²) in [5, 5.41) is 0.582. The van der Waals surface area contributed by atoms with Crippen molar-refractivity contribution in [3.05, 3.63) is 28.8 Å². The van der Waals surface area contributed by atoms with Gasteiger partial charge in [-0.2, -0.15) is 0 Å². The second kappa shape index (κ2) is 4.94. The summed E-state index contributed by atoms with van der Waals surface area (Å²) >= 11 is 5.74. The van der Waals surface area contributed by atoms with Crippen LogP contribution in [-0.4, -0.2) is 11.8 Å². The number of ketones is 1. The molecule has 1 rings (SSSR count). The van der Waals surface area contributed by atoms with Crippen LogP contribution in [0.4, 0.5) is 0 Å². The topological polar surface area (TPSA) is 43.4 Å². The Balaban J connectivity index is 2.72. The second-order valence-electron chi connectivity index (χ2n) is 3.26. The van der Waals surface area contributed by atoms with Crippen molar-refractivity contribution in [1.29, 1.82) is 0 Å². The number of hydrogen-bond acceptors (Lipinski definition) is 3. The Labute approximate surface area is 93.0 Å². The van der Waals surface area contributed by atoms with Crippen molar-refractivity contribution in [2.75, 3.05) is 0 Å². The van der Waals surface area contributed by atoms with E-state index in [2.05, 4.69) is 0 Å². The summed E-state index contributed by atoms with van der Waals surface area (Å²) in [5.41, 5.74) is 0.763. The first kappa shape index (κ1) is 11.7. The lowest BCUT2D eigenvalue weighted by Gasteiger charge is -2.06. The molecule has 0 unspecified atom stereocenters. The molecule has 0 atom stereocenters. The molecule has 1 aromatic carbocycles. The highest BCUT2D eigenvalue weighted by Crippen LogP contribution is 2.22. The van der Waals surface area contributed by atoms with E-state index in [0.29, 0.717) is 10.8 Å². The Morgan fingerprint density at radius 2 is 2.07 bits per heavy atom. The third-order valence-corrected chi connectivity index (χ3v) is 1.99. The summed E-state index contributed by atoms with van der Waals surface area (Å²) in [6.07, 6.45) is -0.206. The summed E-state index contributed by atoms with van der Waals surface area (Å²) in [4.78, 5) is 21.8. The van der Waals surface area contributed by atoms with E-state index in [1.165, 1.54) is 6.92 Å². The van der Waals surface area contributed by atoms with E-state index in [0.717, 1.165) is 5.56 Å². The van der Waals surface area contributed by atoms with Crippen molar-refractivity contribution < 1.29 is 14.3 Å². The molecular weight excluding hydrogens is 216 g/mol. The Hall–Kier alpha value is -1.35. The van der Waals surface area contributed by atoms with Crippen LogP contribution in [0.5, 0.6) is 5.75 Å². The van der Waals surface area contributed by atoms with Gasteiger partial charge in [-0.25, -0.2) is 0 Å². The number of halogens is 1. The van der Waals surface area contributed by atoms with Crippen LogP contribution in [0, 0.1) is 6.92 Å². The minimum absolute atomic E-state index is 0.206. The first-order valence-electron chi connectivity index (χ1n) is 4.45. The summed E-state index contributed by atoms with van der Waals surface area (Å²) < 4.78 is 4.99. The van der Waals surface area contributed by atoms with Gasteiger partial charge in [0.2, 0.25) is 0 Å². The highest BCUT2D eigenvalue weighted by molar-refractivity contribution is 6.30. The zero-order valence-corrected chi connectivity index (χ0v) is 9.30. The first-order valence-corrected chi connectivity index (χ1v) is 4.83. The molecule has 0 aliphatic heterocycles. The van der Waals surface area contributed by atoms with Crippen molar-refractivity contribution in [1.82, 2.24) is 0 Å². The summed E-state index contributed by atoms with van der Waals surface area (Å²) in [6.45, 7) is 3.12. The maximum atomic E-state index is 11.2.